The highest BCUT2D eigenvalue weighted by atomic mass is 32.3. The number of rotatable bonds is 6. The summed E-state index contributed by atoms with van der Waals surface area (Å²) in [7, 11) is -1.24. The van der Waals surface area contributed by atoms with Crippen LogP contribution in [0.25, 0.3) is 0 Å². The maximum Gasteiger partial charge on any atom is 0.416 e. The summed E-state index contributed by atoms with van der Waals surface area (Å²) >= 11 is 0. The smallest absolute Gasteiger partial charge is 0.307 e. The van der Waals surface area contributed by atoms with Gasteiger partial charge in [-0.1, -0.05) is 0 Å². The highest BCUT2D eigenvalue weighted by Crippen LogP contribution is 2.52. The molecular formula is C28H29F3N9O3S+. The van der Waals surface area contributed by atoms with Crippen molar-refractivity contribution < 1.29 is 31.7 Å². The first-order valence-corrected chi connectivity index (χ1v) is 15.2. The Kier molecular flexibility index (Phi) is 7.51. The predicted molar refractivity (Wildman–Crippen MR) is 159 cm³/mol. The summed E-state index contributed by atoms with van der Waals surface area (Å²) in [5, 5.41) is 5.87. The molecule has 0 spiro atoms. The maximum absolute atomic E-state index is 13.1. The molecule has 2 atom stereocenters. The zero-order chi connectivity index (χ0) is 31.3. The molecule has 2 unspecified atom stereocenters. The van der Waals surface area contributed by atoms with E-state index in [-0.39, 0.29) is 21.7 Å². The second-order valence-electron chi connectivity index (χ2n) is 10.7. The van der Waals surface area contributed by atoms with Gasteiger partial charge < -0.3 is 5.32 Å². The highest BCUT2D eigenvalue weighted by molar-refractivity contribution is 8.25. The molecule has 12 nitrogen and oxygen atoms in total. The van der Waals surface area contributed by atoms with Gasteiger partial charge in [-0.2, -0.15) is 39.7 Å². The number of amides is 1. The van der Waals surface area contributed by atoms with E-state index in [9.17, 15) is 27.1 Å². The third-order valence-electron chi connectivity index (χ3n) is 7.61. The molecule has 1 saturated heterocycles. The molecule has 0 saturated carbocycles. The second kappa shape index (κ2) is 11.1. The van der Waals surface area contributed by atoms with Gasteiger partial charge in [-0.05, 0) is 36.4 Å². The van der Waals surface area contributed by atoms with E-state index in [4.69, 9.17) is 10.8 Å². The summed E-state index contributed by atoms with van der Waals surface area (Å²) in [5.74, 6) is 6.51. The number of hydrogen-bond donors (Lipinski definition) is 4. The zero-order valence-corrected chi connectivity index (χ0v) is 24.2. The van der Waals surface area contributed by atoms with Crippen LogP contribution in [0.5, 0.6) is 0 Å². The number of pyridine rings is 1. The number of halogens is 3. The number of amidine groups is 1. The SMILES string of the molecule is Cn1cc(CN2CCS(O)(O)C(C3=C4C=NC=C[N+]4(N)C(c4ccc(C(=O)Nc5cc(C(F)(F)F)ccn5)cc4)=N3)C2)cn1. The van der Waals surface area contributed by atoms with Crippen LogP contribution in [0.4, 0.5) is 19.0 Å². The molecule has 1 amide bonds. The second-order valence-corrected chi connectivity index (χ2v) is 13.1. The van der Waals surface area contributed by atoms with E-state index < -0.39 is 33.5 Å². The van der Waals surface area contributed by atoms with Gasteiger partial charge in [0.25, 0.3) is 11.7 Å². The van der Waals surface area contributed by atoms with Gasteiger partial charge in [-0.15, -0.1) is 4.59 Å². The van der Waals surface area contributed by atoms with Gasteiger partial charge in [0.1, 0.15) is 23.0 Å². The Morgan fingerprint density at radius 2 is 2.00 bits per heavy atom. The van der Waals surface area contributed by atoms with Gasteiger partial charge in [-0.25, -0.2) is 4.98 Å². The van der Waals surface area contributed by atoms with E-state index in [1.54, 1.807) is 35.4 Å². The van der Waals surface area contributed by atoms with Crippen molar-refractivity contribution in [3.8, 4) is 0 Å². The minimum Gasteiger partial charge on any atom is -0.307 e. The van der Waals surface area contributed by atoms with Crippen LogP contribution < -0.4 is 11.2 Å². The number of fused-ring (bicyclic) bond motifs is 1. The van der Waals surface area contributed by atoms with Crippen molar-refractivity contribution in [2.24, 2.45) is 22.9 Å². The van der Waals surface area contributed by atoms with E-state index in [0.717, 1.165) is 23.9 Å². The molecule has 0 aliphatic carbocycles. The fourth-order valence-electron chi connectivity index (χ4n) is 5.35. The van der Waals surface area contributed by atoms with Crippen molar-refractivity contribution in [1.82, 2.24) is 19.7 Å². The van der Waals surface area contributed by atoms with Crippen molar-refractivity contribution in [2.45, 2.75) is 18.0 Å². The van der Waals surface area contributed by atoms with Crippen LogP contribution in [-0.4, -0.2) is 75.4 Å². The molecule has 0 radical (unpaired) electrons. The fraction of sp³-hybridized carbons (Fsp3) is 0.250. The average molecular weight is 629 g/mol. The molecule has 2 aromatic heterocycles. The fourth-order valence-corrected chi connectivity index (χ4v) is 7.14. The first-order valence-electron chi connectivity index (χ1n) is 13.5. The van der Waals surface area contributed by atoms with Gasteiger partial charge in [0.15, 0.2) is 0 Å². The molecule has 0 bridgehead atoms. The number of hydrogen-bond acceptors (Lipinski definition) is 9. The van der Waals surface area contributed by atoms with Crippen molar-refractivity contribution >= 4 is 34.4 Å². The highest BCUT2D eigenvalue weighted by Gasteiger charge is 2.49. The van der Waals surface area contributed by atoms with E-state index in [0.29, 0.717) is 42.4 Å². The number of aromatic nitrogens is 3. The molecular weight excluding hydrogens is 599 g/mol. The Labute approximate surface area is 251 Å². The molecule has 3 aromatic rings. The van der Waals surface area contributed by atoms with Crippen molar-refractivity contribution in [1.29, 1.82) is 0 Å². The minimum absolute atomic E-state index is 0.168. The summed E-state index contributed by atoms with van der Waals surface area (Å²) < 4.78 is 62.8. The first kappa shape index (κ1) is 29.9. The lowest BCUT2D eigenvalue weighted by Crippen LogP contribution is -2.53. The van der Waals surface area contributed by atoms with Gasteiger partial charge in [0.2, 0.25) is 5.70 Å². The van der Waals surface area contributed by atoms with Crippen LogP contribution >= 0.6 is 10.6 Å². The standard InChI is InChI=1S/C28H28F3N9O3S/c1-38-15-18(13-35-38)16-39-9-11-44(42,43)23(17-39)25-22-14-33-8-10-40(22,32)26(37-25)19-2-4-20(5-3-19)27(41)36-24-12-21(6-7-34-24)28(29,30)31/h2-8,10,12-15,23H,9,11,16-17,32H2,1H3,(H2-,34,36,41,42,43)/p+1. The Hall–Kier alpha value is -4.19. The van der Waals surface area contributed by atoms with E-state index in [1.165, 1.54) is 18.3 Å². The lowest BCUT2D eigenvalue weighted by atomic mass is 10.1. The Bertz CT molecular complexity index is 1730. The summed E-state index contributed by atoms with van der Waals surface area (Å²) in [4.78, 5) is 27.8. The van der Waals surface area contributed by atoms with Crippen LogP contribution in [0.1, 0.15) is 27.0 Å². The number of carbonyl (C=O) groups is 1. The third kappa shape index (κ3) is 5.70. The number of aliphatic imine (C=N–C) groups is 2. The number of quaternary nitrogens is 1. The molecule has 230 valence electrons. The maximum atomic E-state index is 13.1. The normalized spacial score (nSPS) is 23.8. The molecule has 3 aliphatic rings. The van der Waals surface area contributed by atoms with Crippen LogP contribution in [0.2, 0.25) is 0 Å². The van der Waals surface area contributed by atoms with Gasteiger partial charge >= 0.3 is 6.18 Å². The van der Waals surface area contributed by atoms with E-state index in [1.807, 2.05) is 13.2 Å². The van der Waals surface area contributed by atoms with Crippen LogP contribution in [-0.2, 0) is 19.8 Å². The monoisotopic (exact) mass is 628 g/mol. The van der Waals surface area contributed by atoms with Crippen LogP contribution in [0, 0.1) is 0 Å². The molecule has 5 N–H and O–H groups in total. The molecule has 3 aliphatic heterocycles. The summed E-state index contributed by atoms with van der Waals surface area (Å²) in [6.45, 7) is 1.39. The predicted octanol–water partition coefficient (Wildman–Crippen LogP) is 3.94. The number of nitrogens with zero attached hydrogens (tertiary/aromatic N) is 7. The van der Waals surface area contributed by atoms with Crippen molar-refractivity contribution in [3.05, 3.63) is 101 Å². The molecule has 1 fully saturated rings. The topological polar surface area (TPSA) is 154 Å². The van der Waals surface area contributed by atoms with Crippen LogP contribution in [0.3, 0.4) is 0 Å². The number of nitrogens with two attached hydrogens (primary N) is 1. The Balaban J connectivity index is 1.26. The third-order valence-corrected chi connectivity index (χ3v) is 9.68. The van der Waals surface area contributed by atoms with E-state index >= 15 is 0 Å². The number of aryl methyl sites for hydroxylation is 1. The molecule has 1 aromatic carbocycles. The number of benzene rings is 1. The van der Waals surface area contributed by atoms with Gasteiger partial charge in [0.05, 0.1) is 35.5 Å². The summed E-state index contributed by atoms with van der Waals surface area (Å²) in [6, 6.07) is 7.81. The van der Waals surface area contributed by atoms with Gasteiger partial charge in [0, 0.05) is 50.2 Å². The van der Waals surface area contributed by atoms with Gasteiger partial charge in [-0.3, -0.25) is 28.5 Å². The minimum atomic E-state index is -4.57. The number of allylic oxidation sites excluding steroid dienone is 1. The molecule has 6 rings (SSSR count). The molecule has 44 heavy (non-hydrogen) atoms. The number of carbonyl (C=O) groups excluding carboxylic acids is 1. The summed E-state index contributed by atoms with van der Waals surface area (Å²) in [5.41, 5.74) is 1.70. The average Bonchev–Trinajstić information content (AvgIpc) is 3.53. The zero-order valence-electron chi connectivity index (χ0n) is 23.4. The van der Waals surface area contributed by atoms with Crippen molar-refractivity contribution in [2.75, 3.05) is 24.2 Å². The Morgan fingerprint density at radius 1 is 1.23 bits per heavy atom. The number of anilines is 1. The Morgan fingerprint density at radius 3 is 2.70 bits per heavy atom. The van der Waals surface area contributed by atoms with Crippen molar-refractivity contribution in [3.63, 3.8) is 0 Å². The quantitative estimate of drug-likeness (QED) is 0.238. The van der Waals surface area contributed by atoms with Crippen LogP contribution in [0.15, 0.2) is 88.8 Å². The lowest BCUT2D eigenvalue weighted by molar-refractivity contribution is -0.750. The largest absolute Gasteiger partial charge is 0.416 e. The number of nitrogens with one attached hydrogen (secondary N) is 1. The number of alkyl halides is 3. The lowest BCUT2D eigenvalue weighted by Gasteiger charge is -2.47. The first-order chi connectivity index (χ1) is 20.8. The van der Waals surface area contributed by atoms with E-state index in [2.05, 4.69) is 25.3 Å². The molecule has 5 heterocycles. The molecule has 16 heteroatoms. The summed E-state index contributed by atoms with van der Waals surface area (Å²) in [6.07, 6.45) is 4.80.